The number of carbonyl (C=O) groups excluding carboxylic acids is 1. The third-order valence-corrected chi connectivity index (χ3v) is 3.71. The standard InChI is InChI=1S/C14H17N5O/c20-14(11-19-7-1-4-17-19)18-8-2-12(3-9-18)13-10-15-5-6-16-13/h1,4-7,10,12H,2-3,8-9,11H2. The molecule has 1 fully saturated rings. The van der Waals surface area contributed by atoms with Crippen molar-refractivity contribution in [2.75, 3.05) is 13.1 Å². The van der Waals surface area contributed by atoms with Crippen LogP contribution in [-0.4, -0.2) is 43.6 Å². The Morgan fingerprint density at radius 3 is 2.75 bits per heavy atom. The lowest BCUT2D eigenvalue weighted by atomic mass is 9.94. The smallest absolute Gasteiger partial charge is 0.244 e. The minimum Gasteiger partial charge on any atom is -0.341 e. The van der Waals surface area contributed by atoms with Crippen LogP contribution in [0, 0.1) is 0 Å². The molecule has 6 heteroatoms. The van der Waals surface area contributed by atoms with Gasteiger partial charge in [0.15, 0.2) is 0 Å². The van der Waals surface area contributed by atoms with Gasteiger partial charge in [0.05, 0.1) is 5.69 Å². The van der Waals surface area contributed by atoms with Gasteiger partial charge in [-0.1, -0.05) is 0 Å². The maximum Gasteiger partial charge on any atom is 0.244 e. The number of aromatic nitrogens is 4. The van der Waals surface area contributed by atoms with E-state index >= 15 is 0 Å². The summed E-state index contributed by atoms with van der Waals surface area (Å²) in [6, 6.07) is 1.83. The van der Waals surface area contributed by atoms with Crippen molar-refractivity contribution < 1.29 is 4.79 Å². The zero-order valence-electron chi connectivity index (χ0n) is 11.2. The van der Waals surface area contributed by atoms with Crippen molar-refractivity contribution >= 4 is 5.91 Å². The van der Waals surface area contributed by atoms with Crippen molar-refractivity contribution in [2.24, 2.45) is 0 Å². The minimum absolute atomic E-state index is 0.131. The molecule has 20 heavy (non-hydrogen) atoms. The quantitative estimate of drug-likeness (QED) is 0.838. The average Bonchev–Trinajstić information content (AvgIpc) is 3.01. The summed E-state index contributed by atoms with van der Waals surface area (Å²) >= 11 is 0. The molecule has 0 unspecified atom stereocenters. The van der Waals surface area contributed by atoms with Crippen molar-refractivity contribution in [1.82, 2.24) is 24.6 Å². The fraction of sp³-hybridized carbons (Fsp3) is 0.429. The van der Waals surface area contributed by atoms with Crippen LogP contribution in [0.15, 0.2) is 37.1 Å². The van der Waals surface area contributed by atoms with Gasteiger partial charge < -0.3 is 4.90 Å². The Kier molecular flexibility index (Phi) is 3.71. The number of amides is 1. The molecule has 0 spiro atoms. The first-order chi connectivity index (χ1) is 9.83. The predicted octanol–water partition coefficient (Wildman–Crippen LogP) is 1.08. The van der Waals surface area contributed by atoms with Crippen LogP contribution in [0.1, 0.15) is 24.5 Å². The van der Waals surface area contributed by atoms with Crippen molar-refractivity contribution in [2.45, 2.75) is 25.3 Å². The summed E-state index contributed by atoms with van der Waals surface area (Å²) in [6.07, 6.45) is 10.6. The monoisotopic (exact) mass is 271 g/mol. The van der Waals surface area contributed by atoms with Gasteiger partial charge in [-0.05, 0) is 18.9 Å². The number of piperidine rings is 1. The molecule has 1 aliphatic rings. The molecule has 3 heterocycles. The Balaban J connectivity index is 1.54. The van der Waals surface area contributed by atoms with E-state index in [0.29, 0.717) is 12.5 Å². The van der Waals surface area contributed by atoms with Crippen LogP contribution in [0.2, 0.25) is 0 Å². The number of hydrogen-bond acceptors (Lipinski definition) is 4. The van der Waals surface area contributed by atoms with Crippen LogP contribution in [0.5, 0.6) is 0 Å². The predicted molar refractivity (Wildman–Crippen MR) is 72.8 cm³/mol. The topological polar surface area (TPSA) is 63.9 Å². The van der Waals surface area contributed by atoms with Crippen molar-refractivity contribution in [3.05, 3.63) is 42.7 Å². The highest BCUT2D eigenvalue weighted by Crippen LogP contribution is 2.25. The van der Waals surface area contributed by atoms with Crippen LogP contribution in [0.3, 0.4) is 0 Å². The van der Waals surface area contributed by atoms with Crippen molar-refractivity contribution in [3.63, 3.8) is 0 Å². The molecule has 0 bridgehead atoms. The maximum absolute atomic E-state index is 12.1. The van der Waals surface area contributed by atoms with Gasteiger partial charge in [-0.3, -0.25) is 19.4 Å². The second-order valence-electron chi connectivity index (χ2n) is 4.99. The van der Waals surface area contributed by atoms with Gasteiger partial charge in [-0.15, -0.1) is 0 Å². The summed E-state index contributed by atoms with van der Waals surface area (Å²) in [5.41, 5.74) is 1.03. The number of rotatable bonds is 3. The SMILES string of the molecule is O=C(Cn1cccn1)N1CCC(c2cnccn2)CC1. The highest BCUT2D eigenvalue weighted by atomic mass is 16.2. The summed E-state index contributed by atoms with van der Waals surface area (Å²) in [5, 5.41) is 4.06. The summed E-state index contributed by atoms with van der Waals surface area (Å²) < 4.78 is 1.66. The Bertz CT molecular complexity index is 546. The van der Waals surface area contributed by atoms with Gasteiger partial charge >= 0.3 is 0 Å². The Hall–Kier alpha value is -2.24. The fourth-order valence-electron chi connectivity index (χ4n) is 2.58. The third kappa shape index (κ3) is 2.84. The van der Waals surface area contributed by atoms with Crippen LogP contribution in [0.4, 0.5) is 0 Å². The number of nitrogens with zero attached hydrogens (tertiary/aromatic N) is 5. The molecule has 1 amide bonds. The summed E-state index contributed by atoms with van der Waals surface area (Å²) in [5.74, 6) is 0.545. The molecule has 0 aromatic carbocycles. The molecule has 0 N–H and O–H groups in total. The summed E-state index contributed by atoms with van der Waals surface area (Å²) in [7, 11) is 0. The second-order valence-corrected chi connectivity index (χ2v) is 4.99. The van der Waals surface area contributed by atoms with E-state index in [1.807, 2.05) is 23.4 Å². The molecule has 0 saturated carbocycles. The lowest BCUT2D eigenvalue weighted by Gasteiger charge is -2.31. The zero-order valence-corrected chi connectivity index (χ0v) is 11.2. The van der Waals surface area contributed by atoms with Crippen LogP contribution in [-0.2, 0) is 11.3 Å². The van der Waals surface area contributed by atoms with Gasteiger partial charge in [0.25, 0.3) is 0 Å². The summed E-state index contributed by atoms with van der Waals surface area (Å²) in [6.45, 7) is 1.88. The first-order valence-electron chi connectivity index (χ1n) is 6.84. The molecule has 1 saturated heterocycles. The van der Waals surface area contributed by atoms with E-state index in [-0.39, 0.29) is 5.91 Å². The first-order valence-corrected chi connectivity index (χ1v) is 6.84. The highest BCUT2D eigenvalue weighted by Gasteiger charge is 2.24. The van der Waals surface area contributed by atoms with E-state index in [0.717, 1.165) is 31.6 Å². The lowest BCUT2D eigenvalue weighted by Crippen LogP contribution is -2.39. The summed E-state index contributed by atoms with van der Waals surface area (Å²) in [4.78, 5) is 22.5. The van der Waals surface area contributed by atoms with Gasteiger partial charge in [-0.2, -0.15) is 5.10 Å². The zero-order chi connectivity index (χ0) is 13.8. The minimum atomic E-state index is 0.131. The van der Waals surface area contributed by atoms with Crippen LogP contribution < -0.4 is 0 Å². The normalized spacial score (nSPS) is 16.3. The third-order valence-electron chi connectivity index (χ3n) is 3.71. The van der Waals surface area contributed by atoms with Gasteiger partial charge in [0.1, 0.15) is 6.54 Å². The molecule has 2 aromatic heterocycles. The van der Waals surface area contributed by atoms with Crippen LogP contribution >= 0.6 is 0 Å². The molecule has 6 nitrogen and oxygen atoms in total. The van der Waals surface area contributed by atoms with E-state index in [2.05, 4.69) is 15.1 Å². The maximum atomic E-state index is 12.1. The van der Waals surface area contributed by atoms with Crippen LogP contribution in [0.25, 0.3) is 0 Å². The first kappa shape index (κ1) is 12.8. The average molecular weight is 271 g/mol. The molecule has 0 atom stereocenters. The van der Waals surface area contributed by atoms with E-state index in [9.17, 15) is 4.79 Å². The fourth-order valence-corrected chi connectivity index (χ4v) is 2.58. The largest absolute Gasteiger partial charge is 0.341 e. The molecule has 0 radical (unpaired) electrons. The second kappa shape index (κ2) is 5.81. The lowest BCUT2D eigenvalue weighted by molar-refractivity contribution is -0.133. The Labute approximate surface area is 117 Å². The van der Waals surface area contributed by atoms with E-state index in [1.165, 1.54) is 0 Å². The molecule has 2 aromatic rings. The van der Waals surface area contributed by atoms with Gasteiger partial charge in [0, 0.05) is 50.0 Å². The van der Waals surface area contributed by atoms with Gasteiger partial charge in [-0.25, -0.2) is 0 Å². The molecule has 1 aliphatic heterocycles. The Morgan fingerprint density at radius 2 is 2.10 bits per heavy atom. The molecular weight excluding hydrogens is 254 g/mol. The molecular formula is C14H17N5O. The van der Waals surface area contributed by atoms with Crippen molar-refractivity contribution in [1.29, 1.82) is 0 Å². The van der Waals surface area contributed by atoms with Gasteiger partial charge in [0.2, 0.25) is 5.91 Å². The van der Waals surface area contributed by atoms with E-state index < -0.39 is 0 Å². The van der Waals surface area contributed by atoms with Crippen molar-refractivity contribution in [3.8, 4) is 0 Å². The number of carbonyl (C=O) groups is 1. The molecule has 3 rings (SSSR count). The number of hydrogen-bond donors (Lipinski definition) is 0. The molecule has 0 aliphatic carbocycles. The van der Waals surface area contributed by atoms with E-state index in [1.54, 1.807) is 23.3 Å². The molecule has 104 valence electrons. The highest BCUT2D eigenvalue weighted by molar-refractivity contribution is 5.76. The van der Waals surface area contributed by atoms with E-state index in [4.69, 9.17) is 0 Å². The number of likely N-dealkylation sites (tertiary alicyclic amines) is 1. The Morgan fingerprint density at radius 1 is 1.25 bits per heavy atom.